The van der Waals surface area contributed by atoms with Gasteiger partial charge in [-0.15, -0.1) is 0 Å². The Morgan fingerprint density at radius 2 is 2.05 bits per heavy atom. The maximum Gasteiger partial charge on any atom is 0.123 e. The number of benzene rings is 1. The second-order valence-corrected chi connectivity index (χ2v) is 5.01. The molecular weight excluding hydrogens is 248 g/mol. The number of rotatable bonds is 7. The van der Waals surface area contributed by atoms with Crippen molar-refractivity contribution in [3.8, 4) is 0 Å². The van der Waals surface area contributed by atoms with Crippen LogP contribution in [0.4, 0.5) is 5.69 Å². The minimum atomic E-state index is 0.811. The van der Waals surface area contributed by atoms with Crippen LogP contribution >= 0.6 is 0 Å². The molecule has 1 heterocycles. The lowest BCUT2D eigenvalue weighted by molar-refractivity contribution is 0.503. The molecule has 3 heteroatoms. The summed E-state index contributed by atoms with van der Waals surface area (Å²) in [5.74, 6) is 1.00. The first-order valence-corrected chi connectivity index (χ1v) is 7.32. The molecule has 0 spiro atoms. The Morgan fingerprint density at radius 1 is 1.20 bits per heavy atom. The van der Waals surface area contributed by atoms with E-state index in [0.717, 1.165) is 31.9 Å². The van der Waals surface area contributed by atoms with Gasteiger partial charge in [-0.1, -0.05) is 24.6 Å². The van der Waals surface area contributed by atoms with Gasteiger partial charge < -0.3 is 14.6 Å². The third-order valence-electron chi connectivity index (χ3n) is 3.45. The van der Waals surface area contributed by atoms with Crippen molar-refractivity contribution in [2.75, 3.05) is 18.0 Å². The molecule has 0 atom stereocenters. The van der Waals surface area contributed by atoms with Crippen LogP contribution in [-0.4, -0.2) is 13.1 Å². The van der Waals surface area contributed by atoms with E-state index in [-0.39, 0.29) is 0 Å². The van der Waals surface area contributed by atoms with Gasteiger partial charge in [0, 0.05) is 18.8 Å². The van der Waals surface area contributed by atoms with E-state index in [4.69, 9.17) is 4.42 Å². The van der Waals surface area contributed by atoms with Crippen molar-refractivity contribution >= 4 is 5.69 Å². The predicted molar refractivity (Wildman–Crippen MR) is 84.0 cm³/mol. The number of nitrogens with one attached hydrogen (secondary N) is 1. The smallest absolute Gasteiger partial charge is 0.123 e. The molecule has 0 amide bonds. The first-order chi connectivity index (χ1) is 9.74. The Bertz CT molecular complexity index is 520. The first-order valence-electron chi connectivity index (χ1n) is 7.32. The van der Waals surface area contributed by atoms with Crippen molar-refractivity contribution in [2.24, 2.45) is 0 Å². The maximum atomic E-state index is 5.47. The van der Waals surface area contributed by atoms with Crippen LogP contribution in [0.2, 0.25) is 0 Å². The summed E-state index contributed by atoms with van der Waals surface area (Å²) in [6.07, 6.45) is 1.73. The van der Waals surface area contributed by atoms with Crippen LogP contribution in [0.1, 0.15) is 30.7 Å². The summed E-state index contributed by atoms with van der Waals surface area (Å²) in [6.45, 7) is 10.1. The fourth-order valence-electron chi connectivity index (χ4n) is 2.38. The minimum Gasteiger partial charge on any atom is -0.467 e. The van der Waals surface area contributed by atoms with Crippen molar-refractivity contribution < 1.29 is 4.42 Å². The average molecular weight is 272 g/mol. The number of hydrogen-bond donors (Lipinski definition) is 1. The van der Waals surface area contributed by atoms with Crippen LogP contribution < -0.4 is 10.2 Å². The normalized spacial score (nSPS) is 10.8. The molecular formula is C17H24N2O. The zero-order valence-corrected chi connectivity index (χ0v) is 12.6. The van der Waals surface area contributed by atoms with E-state index >= 15 is 0 Å². The van der Waals surface area contributed by atoms with Gasteiger partial charge in [-0.25, -0.2) is 0 Å². The van der Waals surface area contributed by atoms with Crippen LogP contribution in [0.3, 0.4) is 0 Å². The van der Waals surface area contributed by atoms with Gasteiger partial charge in [-0.2, -0.15) is 0 Å². The van der Waals surface area contributed by atoms with Crippen LogP contribution in [0.25, 0.3) is 0 Å². The highest BCUT2D eigenvalue weighted by atomic mass is 16.3. The van der Waals surface area contributed by atoms with Gasteiger partial charge in [0.05, 0.1) is 12.8 Å². The van der Waals surface area contributed by atoms with Crippen molar-refractivity contribution in [1.29, 1.82) is 0 Å². The molecule has 3 nitrogen and oxygen atoms in total. The zero-order chi connectivity index (χ0) is 14.4. The zero-order valence-electron chi connectivity index (χ0n) is 12.6. The molecule has 1 aromatic heterocycles. The van der Waals surface area contributed by atoms with Gasteiger partial charge in [-0.05, 0) is 44.2 Å². The molecule has 0 bridgehead atoms. The van der Waals surface area contributed by atoms with E-state index in [9.17, 15) is 0 Å². The highest BCUT2D eigenvalue weighted by Gasteiger charge is 2.11. The molecule has 0 unspecified atom stereocenters. The number of furan rings is 1. The molecule has 0 saturated carbocycles. The lowest BCUT2D eigenvalue weighted by atomic mass is 10.1. The minimum absolute atomic E-state index is 0.811. The monoisotopic (exact) mass is 272 g/mol. The van der Waals surface area contributed by atoms with E-state index in [1.165, 1.54) is 16.8 Å². The van der Waals surface area contributed by atoms with Gasteiger partial charge >= 0.3 is 0 Å². The highest BCUT2D eigenvalue weighted by molar-refractivity contribution is 5.55. The fourth-order valence-corrected chi connectivity index (χ4v) is 2.38. The SMILES string of the molecule is CCNCc1cc(C)ccc1N(CC)Cc1ccco1. The summed E-state index contributed by atoms with van der Waals surface area (Å²) in [4.78, 5) is 2.35. The summed E-state index contributed by atoms with van der Waals surface area (Å²) in [5, 5.41) is 3.42. The quantitative estimate of drug-likeness (QED) is 0.832. The second kappa shape index (κ2) is 7.15. The predicted octanol–water partition coefficient (Wildman–Crippen LogP) is 3.72. The largest absolute Gasteiger partial charge is 0.467 e. The average Bonchev–Trinajstić information content (AvgIpc) is 2.96. The van der Waals surface area contributed by atoms with Crippen LogP contribution in [0, 0.1) is 6.92 Å². The number of nitrogens with zero attached hydrogens (tertiary/aromatic N) is 1. The lowest BCUT2D eigenvalue weighted by Gasteiger charge is -2.25. The molecule has 20 heavy (non-hydrogen) atoms. The van der Waals surface area contributed by atoms with Crippen molar-refractivity contribution in [1.82, 2.24) is 5.32 Å². The molecule has 0 radical (unpaired) electrons. The third-order valence-corrected chi connectivity index (χ3v) is 3.45. The Labute approximate surface area is 121 Å². The number of hydrogen-bond acceptors (Lipinski definition) is 3. The van der Waals surface area contributed by atoms with Crippen molar-refractivity contribution in [3.63, 3.8) is 0 Å². The van der Waals surface area contributed by atoms with Gasteiger partial charge in [0.25, 0.3) is 0 Å². The Balaban J connectivity index is 2.23. The first kappa shape index (κ1) is 14.7. The summed E-state index contributed by atoms with van der Waals surface area (Å²) in [6, 6.07) is 10.6. The van der Waals surface area contributed by atoms with E-state index < -0.39 is 0 Å². The van der Waals surface area contributed by atoms with Gasteiger partial charge in [0.15, 0.2) is 0 Å². The lowest BCUT2D eigenvalue weighted by Crippen LogP contribution is -2.24. The van der Waals surface area contributed by atoms with Crippen LogP contribution in [-0.2, 0) is 13.1 Å². The van der Waals surface area contributed by atoms with Gasteiger partial charge in [0.1, 0.15) is 5.76 Å². The molecule has 0 aliphatic heterocycles. The Morgan fingerprint density at radius 3 is 2.70 bits per heavy atom. The van der Waals surface area contributed by atoms with Crippen molar-refractivity contribution in [2.45, 2.75) is 33.9 Å². The summed E-state index contributed by atoms with van der Waals surface area (Å²) >= 11 is 0. The Hall–Kier alpha value is -1.74. The van der Waals surface area contributed by atoms with E-state index in [1.807, 2.05) is 12.1 Å². The summed E-state index contributed by atoms with van der Waals surface area (Å²) < 4.78 is 5.47. The van der Waals surface area contributed by atoms with Gasteiger partial charge in [-0.3, -0.25) is 0 Å². The van der Waals surface area contributed by atoms with E-state index in [2.05, 4.69) is 49.2 Å². The highest BCUT2D eigenvalue weighted by Crippen LogP contribution is 2.24. The molecule has 2 rings (SSSR count). The van der Waals surface area contributed by atoms with Crippen molar-refractivity contribution in [3.05, 3.63) is 53.5 Å². The van der Waals surface area contributed by atoms with Crippen LogP contribution in [0.15, 0.2) is 41.0 Å². The molecule has 0 aliphatic carbocycles. The Kier molecular flexibility index (Phi) is 5.24. The molecule has 1 N–H and O–H groups in total. The van der Waals surface area contributed by atoms with E-state index in [1.54, 1.807) is 6.26 Å². The van der Waals surface area contributed by atoms with E-state index in [0.29, 0.717) is 0 Å². The fraction of sp³-hybridized carbons (Fsp3) is 0.412. The molecule has 1 aromatic carbocycles. The summed E-state index contributed by atoms with van der Waals surface area (Å²) in [7, 11) is 0. The third kappa shape index (κ3) is 3.64. The molecule has 0 aliphatic rings. The van der Waals surface area contributed by atoms with Gasteiger partial charge in [0.2, 0.25) is 0 Å². The standard InChI is InChI=1S/C17H24N2O/c1-4-18-12-15-11-14(3)8-9-17(15)19(5-2)13-16-7-6-10-20-16/h6-11,18H,4-5,12-13H2,1-3H3. The molecule has 0 fully saturated rings. The number of aryl methyl sites for hydroxylation is 1. The van der Waals surface area contributed by atoms with Crippen LogP contribution in [0.5, 0.6) is 0 Å². The molecule has 2 aromatic rings. The molecule has 108 valence electrons. The topological polar surface area (TPSA) is 28.4 Å². The maximum absolute atomic E-state index is 5.47. The number of anilines is 1. The second-order valence-electron chi connectivity index (χ2n) is 5.01. The molecule has 0 saturated heterocycles. The summed E-state index contributed by atoms with van der Waals surface area (Å²) in [5.41, 5.74) is 3.94.